The monoisotopic (exact) mass is 354 g/mol. The molecule has 0 bridgehead atoms. The summed E-state index contributed by atoms with van der Waals surface area (Å²) in [5, 5.41) is 12.5. The Morgan fingerprint density at radius 2 is 2.00 bits per heavy atom. The molecule has 0 spiro atoms. The van der Waals surface area contributed by atoms with Gasteiger partial charge in [-0.3, -0.25) is 4.79 Å². The predicted octanol–water partition coefficient (Wildman–Crippen LogP) is 4.98. The van der Waals surface area contributed by atoms with Gasteiger partial charge in [0.05, 0.1) is 6.61 Å². The molecule has 5 heteroatoms. The quantitative estimate of drug-likeness (QED) is 0.587. The first-order chi connectivity index (χ1) is 12.0. The van der Waals surface area contributed by atoms with E-state index < -0.39 is 5.91 Å². The van der Waals surface area contributed by atoms with Crippen LogP contribution in [0.4, 0.5) is 5.69 Å². The maximum absolute atomic E-state index is 12.3. The number of carbonyl (C=O) groups excluding carboxylic acids is 1. The molecule has 4 nitrogen and oxygen atoms in total. The highest BCUT2D eigenvalue weighted by Crippen LogP contribution is 2.21. The number of amides is 1. The van der Waals surface area contributed by atoms with Crippen LogP contribution in [-0.2, 0) is 4.79 Å². The number of carbonyl (C=O) groups is 1. The molecule has 0 saturated carbocycles. The first-order valence-electron chi connectivity index (χ1n) is 7.95. The van der Waals surface area contributed by atoms with Gasteiger partial charge >= 0.3 is 0 Å². The number of nitrogens with zero attached hydrogens (tertiary/aromatic N) is 1. The van der Waals surface area contributed by atoms with E-state index in [1.807, 2.05) is 38.1 Å². The minimum absolute atomic E-state index is 0.0129. The van der Waals surface area contributed by atoms with Crippen molar-refractivity contribution in [3.05, 3.63) is 64.2 Å². The molecule has 0 aliphatic rings. The average Bonchev–Trinajstić information content (AvgIpc) is 2.62. The Hall–Kier alpha value is -2.77. The lowest BCUT2D eigenvalue weighted by Crippen LogP contribution is -2.13. The summed E-state index contributed by atoms with van der Waals surface area (Å²) >= 11 is 6.05. The number of rotatable bonds is 6. The maximum atomic E-state index is 12.3. The van der Waals surface area contributed by atoms with E-state index in [0.717, 1.165) is 23.3 Å². The van der Waals surface area contributed by atoms with Crippen LogP contribution in [0.3, 0.4) is 0 Å². The molecular formula is C20H19ClN2O2. The van der Waals surface area contributed by atoms with Gasteiger partial charge in [-0.05, 0) is 54.8 Å². The molecule has 0 aliphatic heterocycles. The number of ether oxygens (including phenoxy) is 1. The molecule has 25 heavy (non-hydrogen) atoms. The number of nitriles is 1. The van der Waals surface area contributed by atoms with Gasteiger partial charge in [-0.25, -0.2) is 0 Å². The number of anilines is 1. The SMILES string of the molecule is CCCOc1ccc(/C=C(\C#N)C(=O)Nc2ccc(C)c(Cl)c2)cc1. The van der Waals surface area contributed by atoms with Gasteiger partial charge in [0.1, 0.15) is 17.4 Å². The van der Waals surface area contributed by atoms with Gasteiger partial charge in [0, 0.05) is 10.7 Å². The lowest BCUT2D eigenvalue weighted by molar-refractivity contribution is -0.112. The Morgan fingerprint density at radius 3 is 2.60 bits per heavy atom. The summed E-state index contributed by atoms with van der Waals surface area (Å²) in [6, 6.07) is 14.4. The Kier molecular flexibility index (Phi) is 6.62. The fraction of sp³-hybridized carbons (Fsp3) is 0.200. The van der Waals surface area contributed by atoms with E-state index in [9.17, 15) is 10.1 Å². The fourth-order valence-electron chi connectivity index (χ4n) is 2.06. The zero-order valence-corrected chi connectivity index (χ0v) is 14.9. The maximum Gasteiger partial charge on any atom is 0.266 e. The number of hydrogen-bond acceptors (Lipinski definition) is 3. The Labute approximate surface area is 152 Å². The summed E-state index contributed by atoms with van der Waals surface area (Å²) in [5.41, 5.74) is 2.22. The summed E-state index contributed by atoms with van der Waals surface area (Å²) in [4.78, 5) is 12.3. The predicted molar refractivity (Wildman–Crippen MR) is 101 cm³/mol. The van der Waals surface area contributed by atoms with Crippen LogP contribution in [-0.4, -0.2) is 12.5 Å². The number of hydrogen-bond donors (Lipinski definition) is 1. The van der Waals surface area contributed by atoms with Gasteiger partial charge in [0.2, 0.25) is 0 Å². The first kappa shape index (κ1) is 18.6. The van der Waals surface area contributed by atoms with Crippen molar-refractivity contribution in [1.82, 2.24) is 0 Å². The molecule has 0 unspecified atom stereocenters. The van der Waals surface area contributed by atoms with Crippen LogP contribution in [0.5, 0.6) is 5.75 Å². The van der Waals surface area contributed by atoms with Crippen molar-refractivity contribution in [1.29, 1.82) is 5.26 Å². The molecule has 1 amide bonds. The molecule has 0 fully saturated rings. The van der Waals surface area contributed by atoms with E-state index in [1.54, 1.807) is 24.3 Å². The van der Waals surface area contributed by atoms with Crippen molar-refractivity contribution in [2.24, 2.45) is 0 Å². The van der Waals surface area contributed by atoms with Crippen LogP contribution >= 0.6 is 11.6 Å². The highest BCUT2D eigenvalue weighted by atomic mass is 35.5. The molecule has 0 atom stereocenters. The van der Waals surface area contributed by atoms with E-state index in [-0.39, 0.29) is 5.57 Å². The zero-order chi connectivity index (χ0) is 18.2. The van der Waals surface area contributed by atoms with E-state index in [4.69, 9.17) is 16.3 Å². The van der Waals surface area contributed by atoms with Gasteiger partial charge in [0.25, 0.3) is 5.91 Å². The van der Waals surface area contributed by atoms with Crippen LogP contribution < -0.4 is 10.1 Å². The highest BCUT2D eigenvalue weighted by Gasteiger charge is 2.10. The molecule has 0 aliphatic carbocycles. The Bertz CT molecular complexity index is 821. The molecule has 0 saturated heterocycles. The van der Waals surface area contributed by atoms with Crippen LogP contribution in [0.2, 0.25) is 5.02 Å². The summed E-state index contributed by atoms with van der Waals surface area (Å²) in [5.74, 6) is 0.282. The summed E-state index contributed by atoms with van der Waals surface area (Å²) in [6.45, 7) is 4.57. The largest absolute Gasteiger partial charge is 0.494 e. The second kappa shape index (κ2) is 8.91. The lowest BCUT2D eigenvalue weighted by atomic mass is 10.1. The van der Waals surface area contributed by atoms with E-state index in [1.165, 1.54) is 6.08 Å². The molecule has 0 heterocycles. The molecule has 128 valence electrons. The van der Waals surface area contributed by atoms with E-state index >= 15 is 0 Å². The third kappa shape index (κ3) is 5.37. The van der Waals surface area contributed by atoms with Crippen molar-refractivity contribution in [2.45, 2.75) is 20.3 Å². The molecule has 2 rings (SSSR count). The number of nitrogens with one attached hydrogen (secondary N) is 1. The topological polar surface area (TPSA) is 62.1 Å². The van der Waals surface area contributed by atoms with Crippen LogP contribution in [0.1, 0.15) is 24.5 Å². The minimum Gasteiger partial charge on any atom is -0.494 e. The average molecular weight is 355 g/mol. The summed E-state index contributed by atoms with van der Waals surface area (Å²) < 4.78 is 5.51. The van der Waals surface area contributed by atoms with E-state index in [0.29, 0.717) is 17.3 Å². The van der Waals surface area contributed by atoms with Crippen molar-refractivity contribution in [3.8, 4) is 11.8 Å². The van der Waals surface area contributed by atoms with Gasteiger partial charge in [0.15, 0.2) is 0 Å². The second-order valence-electron chi connectivity index (χ2n) is 5.51. The molecule has 0 aromatic heterocycles. The van der Waals surface area contributed by atoms with Crippen molar-refractivity contribution >= 4 is 29.3 Å². The number of aryl methyl sites for hydroxylation is 1. The number of benzene rings is 2. The zero-order valence-electron chi connectivity index (χ0n) is 14.2. The number of halogens is 1. The summed E-state index contributed by atoms with van der Waals surface area (Å²) in [7, 11) is 0. The molecule has 2 aromatic rings. The third-order valence-electron chi connectivity index (χ3n) is 3.46. The normalized spacial score (nSPS) is 10.9. The lowest BCUT2D eigenvalue weighted by Gasteiger charge is -2.07. The first-order valence-corrected chi connectivity index (χ1v) is 8.33. The molecule has 0 radical (unpaired) electrons. The molecular weight excluding hydrogens is 336 g/mol. The summed E-state index contributed by atoms with van der Waals surface area (Å²) in [6.07, 6.45) is 2.47. The van der Waals surface area contributed by atoms with Gasteiger partial charge < -0.3 is 10.1 Å². The van der Waals surface area contributed by atoms with Gasteiger partial charge in [-0.1, -0.05) is 36.7 Å². The Morgan fingerprint density at radius 1 is 1.28 bits per heavy atom. The van der Waals surface area contributed by atoms with E-state index in [2.05, 4.69) is 5.32 Å². The van der Waals surface area contributed by atoms with Crippen LogP contribution in [0.15, 0.2) is 48.0 Å². The standard InChI is InChI=1S/C20H19ClN2O2/c1-3-10-25-18-8-5-15(6-9-18)11-16(13-22)20(24)23-17-7-4-14(2)19(21)12-17/h4-9,11-12H,3,10H2,1-2H3,(H,23,24)/b16-11+. The van der Waals surface area contributed by atoms with Gasteiger partial charge in [-0.15, -0.1) is 0 Å². The second-order valence-corrected chi connectivity index (χ2v) is 5.91. The molecule has 2 aromatic carbocycles. The van der Waals surface area contributed by atoms with Crippen LogP contribution in [0.25, 0.3) is 6.08 Å². The van der Waals surface area contributed by atoms with Crippen LogP contribution in [0, 0.1) is 18.3 Å². The highest BCUT2D eigenvalue weighted by molar-refractivity contribution is 6.31. The minimum atomic E-state index is -0.478. The van der Waals surface area contributed by atoms with Gasteiger partial charge in [-0.2, -0.15) is 5.26 Å². The third-order valence-corrected chi connectivity index (χ3v) is 3.87. The Balaban J connectivity index is 2.12. The van der Waals surface area contributed by atoms with Crippen molar-refractivity contribution in [2.75, 3.05) is 11.9 Å². The smallest absolute Gasteiger partial charge is 0.266 e. The van der Waals surface area contributed by atoms with Crippen molar-refractivity contribution < 1.29 is 9.53 Å². The fourth-order valence-corrected chi connectivity index (χ4v) is 2.25. The van der Waals surface area contributed by atoms with Crippen molar-refractivity contribution in [3.63, 3.8) is 0 Å². The molecule has 1 N–H and O–H groups in total.